The molecule has 1 aromatic heterocycles. The summed E-state index contributed by atoms with van der Waals surface area (Å²) in [5.41, 5.74) is 2.24. The standard InChI is InChI=1S/C18H16ClN3O2/c1-24-17-5-3-2-4-16(17)21-18(23)14-8-6-13(7-9-14)11-22-12-15(19)10-20-22/h2-10,12H,11H2,1H3,(H,21,23). The van der Waals surface area contributed by atoms with Gasteiger partial charge in [-0.3, -0.25) is 9.48 Å². The van der Waals surface area contributed by atoms with Gasteiger partial charge in [-0.05, 0) is 29.8 Å². The number of hydrogen-bond donors (Lipinski definition) is 1. The number of nitrogens with zero attached hydrogens (tertiary/aromatic N) is 2. The van der Waals surface area contributed by atoms with Gasteiger partial charge in [-0.15, -0.1) is 0 Å². The summed E-state index contributed by atoms with van der Waals surface area (Å²) in [4.78, 5) is 12.4. The molecule has 0 fully saturated rings. The number of amides is 1. The molecule has 5 nitrogen and oxygen atoms in total. The van der Waals surface area contributed by atoms with Crippen LogP contribution in [-0.4, -0.2) is 22.8 Å². The first kappa shape index (κ1) is 16.1. The lowest BCUT2D eigenvalue weighted by atomic mass is 10.1. The smallest absolute Gasteiger partial charge is 0.255 e. The van der Waals surface area contributed by atoms with Crippen molar-refractivity contribution in [2.24, 2.45) is 0 Å². The zero-order chi connectivity index (χ0) is 16.9. The normalized spacial score (nSPS) is 10.4. The Bertz CT molecular complexity index is 843. The van der Waals surface area contributed by atoms with Gasteiger partial charge < -0.3 is 10.1 Å². The van der Waals surface area contributed by atoms with E-state index >= 15 is 0 Å². The molecule has 0 aliphatic heterocycles. The highest BCUT2D eigenvalue weighted by molar-refractivity contribution is 6.30. The molecule has 122 valence electrons. The van der Waals surface area contributed by atoms with Crippen molar-refractivity contribution in [2.75, 3.05) is 12.4 Å². The van der Waals surface area contributed by atoms with Gasteiger partial charge in [-0.2, -0.15) is 5.10 Å². The minimum atomic E-state index is -0.187. The summed E-state index contributed by atoms with van der Waals surface area (Å²) >= 11 is 5.85. The Morgan fingerprint density at radius 2 is 1.96 bits per heavy atom. The molecule has 3 aromatic rings. The van der Waals surface area contributed by atoms with E-state index in [1.807, 2.05) is 24.3 Å². The molecule has 6 heteroatoms. The maximum Gasteiger partial charge on any atom is 0.255 e. The Labute approximate surface area is 144 Å². The van der Waals surface area contributed by atoms with E-state index in [1.165, 1.54) is 0 Å². The van der Waals surface area contributed by atoms with Crippen molar-refractivity contribution in [3.8, 4) is 5.75 Å². The van der Waals surface area contributed by atoms with E-state index < -0.39 is 0 Å². The Morgan fingerprint density at radius 3 is 2.62 bits per heavy atom. The van der Waals surface area contributed by atoms with E-state index in [0.717, 1.165) is 5.56 Å². The first-order valence-electron chi connectivity index (χ1n) is 7.37. The molecule has 24 heavy (non-hydrogen) atoms. The third-order valence-electron chi connectivity index (χ3n) is 3.52. The number of halogens is 1. The average molecular weight is 342 g/mol. The molecule has 2 aromatic carbocycles. The van der Waals surface area contributed by atoms with Crippen LogP contribution in [0, 0.1) is 0 Å². The lowest BCUT2D eigenvalue weighted by Gasteiger charge is -2.10. The molecule has 0 saturated heterocycles. The number of aromatic nitrogens is 2. The fraction of sp³-hybridized carbons (Fsp3) is 0.111. The summed E-state index contributed by atoms with van der Waals surface area (Å²) in [7, 11) is 1.57. The Balaban J connectivity index is 1.69. The van der Waals surface area contributed by atoms with Crippen molar-refractivity contribution in [2.45, 2.75) is 6.54 Å². The van der Waals surface area contributed by atoms with Crippen molar-refractivity contribution in [3.05, 3.63) is 77.1 Å². The van der Waals surface area contributed by atoms with Gasteiger partial charge in [0.15, 0.2) is 0 Å². The molecule has 0 saturated carbocycles. The summed E-state index contributed by atoms with van der Waals surface area (Å²) in [6.45, 7) is 0.598. The van der Waals surface area contributed by atoms with E-state index in [9.17, 15) is 4.79 Å². The summed E-state index contributed by atoms with van der Waals surface area (Å²) in [6.07, 6.45) is 3.35. The summed E-state index contributed by atoms with van der Waals surface area (Å²) in [6, 6.07) is 14.7. The van der Waals surface area contributed by atoms with E-state index in [4.69, 9.17) is 16.3 Å². The Kier molecular flexibility index (Phi) is 4.82. The van der Waals surface area contributed by atoms with E-state index in [-0.39, 0.29) is 5.91 Å². The Hall–Kier alpha value is -2.79. The molecule has 0 spiro atoms. The van der Waals surface area contributed by atoms with Crippen LogP contribution in [0.15, 0.2) is 60.9 Å². The largest absolute Gasteiger partial charge is 0.495 e. The first-order chi connectivity index (χ1) is 11.7. The lowest BCUT2D eigenvalue weighted by Crippen LogP contribution is -2.12. The highest BCUT2D eigenvalue weighted by Gasteiger charge is 2.09. The summed E-state index contributed by atoms with van der Waals surface area (Å²) in [5, 5.41) is 7.59. The number of carbonyl (C=O) groups excluding carboxylic acids is 1. The molecule has 0 radical (unpaired) electrons. The van der Waals surface area contributed by atoms with Crippen LogP contribution in [0.5, 0.6) is 5.75 Å². The SMILES string of the molecule is COc1ccccc1NC(=O)c1ccc(Cn2cc(Cl)cn2)cc1. The minimum absolute atomic E-state index is 0.187. The lowest BCUT2D eigenvalue weighted by molar-refractivity contribution is 0.102. The van der Waals surface area contributed by atoms with Crippen LogP contribution in [0.25, 0.3) is 0 Å². The quantitative estimate of drug-likeness (QED) is 0.767. The van der Waals surface area contributed by atoms with Gasteiger partial charge in [-0.25, -0.2) is 0 Å². The molecule has 1 N–H and O–H groups in total. The highest BCUT2D eigenvalue weighted by Crippen LogP contribution is 2.23. The van der Waals surface area contributed by atoms with Crippen LogP contribution in [0.3, 0.4) is 0 Å². The monoisotopic (exact) mass is 341 g/mol. The van der Waals surface area contributed by atoms with Crippen molar-refractivity contribution in [1.82, 2.24) is 9.78 Å². The maximum atomic E-state index is 12.4. The van der Waals surface area contributed by atoms with E-state index in [2.05, 4.69) is 10.4 Å². The van der Waals surface area contributed by atoms with Crippen molar-refractivity contribution in [3.63, 3.8) is 0 Å². The third-order valence-corrected chi connectivity index (χ3v) is 3.71. The zero-order valence-electron chi connectivity index (χ0n) is 13.1. The molecular formula is C18H16ClN3O2. The second-order valence-corrected chi connectivity index (χ2v) is 5.64. The number of anilines is 1. The molecule has 1 heterocycles. The minimum Gasteiger partial charge on any atom is -0.495 e. The number of nitrogens with one attached hydrogen (secondary N) is 1. The van der Waals surface area contributed by atoms with Gasteiger partial charge in [0.25, 0.3) is 5.91 Å². The van der Waals surface area contributed by atoms with Crippen LogP contribution in [0.1, 0.15) is 15.9 Å². The fourth-order valence-corrected chi connectivity index (χ4v) is 2.47. The van der Waals surface area contributed by atoms with Crippen LogP contribution < -0.4 is 10.1 Å². The summed E-state index contributed by atoms with van der Waals surface area (Å²) in [5.74, 6) is 0.436. The van der Waals surface area contributed by atoms with Gasteiger partial charge in [0.1, 0.15) is 5.75 Å². The predicted octanol–water partition coefficient (Wildman–Crippen LogP) is 3.85. The first-order valence-corrected chi connectivity index (χ1v) is 7.75. The van der Waals surface area contributed by atoms with Gasteiger partial charge >= 0.3 is 0 Å². The molecular weight excluding hydrogens is 326 g/mol. The molecule has 3 rings (SSSR count). The average Bonchev–Trinajstić information content (AvgIpc) is 3.01. The number of ether oxygens (including phenoxy) is 1. The van der Waals surface area contributed by atoms with Crippen LogP contribution >= 0.6 is 11.6 Å². The third kappa shape index (κ3) is 3.75. The second-order valence-electron chi connectivity index (χ2n) is 5.21. The molecule has 0 aliphatic carbocycles. The van der Waals surface area contributed by atoms with Crippen molar-refractivity contribution < 1.29 is 9.53 Å². The summed E-state index contributed by atoms with van der Waals surface area (Å²) < 4.78 is 6.98. The van der Waals surface area contributed by atoms with E-state index in [1.54, 1.807) is 48.5 Å². The number of benzene rings is 2. The highest BCUT2D eigenvalue weighted by atomic mass is 35.5. The molecule has 0 unspecified atom stereocenters. The number of rotatable bonds is 5. The number of carbonyl (C=O) groups is 1. The van der Waals surface area contributed by atoms with Gasteiger partial charge in [0.05, 0.1) is 30.6 Å². The van der Waals surface area contributed by atoms with Crippen LogP contribution in [-0.2, 0) is 6.54 Å². The van der Waals surface area contributed by atoms with Crippen LogP contribution in [0.2, 0.25) is 5.02 Å². The second kappa shape index (κ2) is 7.19. The number of hydrogen-bond acceptors (Lipinski definition) is 3. The molecule has 0 bridgehead atoms. The zero-order valence-corrected chi connectivity index (χ0v) is 13.8. The predicted molar refractivity (Wildman–Crippen MR) is 93.7 cm³/mol. The fourth-order valence-electron chi connectivity index (χ4n) is 2.32. The van der Waals surface area contributed by atoms with Gasteiger partial charge in [0.2, 0.25) is 0 Å². The van der Waals surface area contributed by atoms with Crippen molar-refractivity contribution >= 4 is 23.2 Å². The maximum absolute atomic E-state index is 12.4. The van der Waals surface area contributed by atoms with E-state index in [0.29, 0.717) is 28.6 Å². The molecule has 0 atom stereocenters. The molecule has 1 amide bonds. The van der Waals surface area contributed by atoms with Crippen LogP contribution in [0.4, 0.5) is 5.69 Å². The number of methoxy groups -OCH3 is 1. The topological polar surface area (TPSA) is 56.1 Å². The molecule has 0 aliphatic rings. The number of para-hydroxylation sites is 2. The van der Waals surface area contributed by atoms with Gasteiger partial charge in [-0.1, -0.05) is 35.9 Å². The Morgan fingerprint density at radius 1 is 1.21 bits per heavy atom. The van der Waals surface area contributed by atoms with Crippen molar-refractivity contribution in [1.29, 1.82) is 0 Å². The van der Waals surface area contributed by atoms with Gasteiger partial charge in [0, 0.05) is 11.8 Å².